The van der Waals surface area contributed by atoms with Gasteiger partial charge in [-0.15, -0.1) is 24.0 Å². The molecule has 0 aromatic heterocycles. The normalized spacial score (nSPS) is 16.4. The second kappa shape index (κ2) is 12.5. The number of rotatable bonds is 7. The molecule has 0 unspecified atom stereocenters. The lowest BCUT2D eigenvalue weighted by molar-refractivity contribution is 0.185. The van der Waals surface area contributed by atoms with Crippen molar-refractivity contribution in [2.45, 2.75) is 45.4 Å². The Kier molecular flexibility index (Phi) is 11.1. The van der Waals surface area contributed by atoms with Crippen molar-refractivity contribution in [3.63, 3.8) is 0 Å². The summed E-state index contributed by atoms with van der Waals surface area (Å²) in [5, 5.41) is 6.98. The Morgan fingerprint density at radius 1 is 1.20 bits per heavy atom. The van der Waals surface area contributed by atoms with Crippen LogP contribution in [0.25, 0.3) is 0 Å². The summed E-state index contributed by atoms with van der Waals surface area (Å²) in [6, 6.07) is 9.02. The molecule has 1 aromatic rings. The molecular weight excluding hydrogens is 427 g/mol. The van der Waals surface area contributed by atoms with Crippen LogP contribution in [0.1, 0.15) is 37.3 Å². The molecule has 5 nitrogen and oxygen atoms in total. The molecule has 2 N–H and O–H groups in total. The van der Waals surface area contributed by atoms with Gasteiger partial charge >= 0.3 is 0 Å². The summed E-state index contributed by atoms with van der Waals surface area (Å²) < 4.78 is 5.14. The van der Waals surface area contributed by atoms with Crippen molar-refractivity contribution >= 4 is 29.9 Å². The maximum Gasteiger partial charge on any atom is 0.191 e. The van der Waals surface area contributed by atoms with Crippen molar-refractivity contribution in [1.29, 1.82) is 0 Å². The predicted molar refractivity (Wildman–Crippen MR) is 116 cm³/mol. The van der Waals surface area contributed by atoms with E-state index in [0.717, 1.165) is 12.5 Å². The average Bonchev–Trinajstić information content (AvgIpc) is 2.62. The first-order chi connectivity index (χ1) is 11.7. The fourth-order valence-corrected chi connectivity index (χ4v) is 3.11. The molecule has 0 radical (unpaired) electrons. The minimum atomic E-state index is 0. The van der Waals surface area contributed by atoms with Crippen LogP contribution < -0.4 is 10.6 Å². The molecule has 0 atom stereocenters. The van der Waals surface area contributed by atoms with Gasteiger partial charge in [0.1, 0.15) is 0 Å². The Labute approximate surface area is 169 Å². The van der Waals surface area contributed by atoms with E-state index in [4.69, 9.17) is 4.74 Å². The first-order valence-electron chi connectivity index (χ1n) is 9.01. The third-order valence-corrected chi connectivity index (χ3v) is 4.49. The highest BCUT2D eigenvalue weighted by molar-refractivity contribution is 14.0. The molecule has 1 aliphatic heterocycles. The van der Waals surface area contributed by atoms with E-state index >= 15 is 0 Å². The van der Waals surface area contributed by atoms with Crippen molar-refractivity contribution in [2.24, 2.45) is 4.99 Å². The summed E-state index contributed by atoms with van der Waals surface area (Å²) >= 11 is 0. The van der Waals surface area contributed by atoms with E-state index in [2.05, 4.69) is 51.7 Å². The number of ether oxygens (including phenoxy) is 1. The van der Waals surface area contributed by atoms with E-state index in [0.29, 0.717) is 12.6 Å². The van der Waals surface area contributed by atoms with Gasteiger partial charge in [-0.2, -0.15) is 0 Å². The van der Waals surface area contributed by atoms with Gasteiger partial charge in [-0.1, -0.05) is 31.2 Å². The van der Waals surface area contributed by atoms with Gasteiger partial charge in [0.15, 0.2) is 5.96 Å². The third-order valence-electron chi connectivity index (χ3n) is 4.49. The van der Waals surface area contributed by atoms with Crippen molar-refractivity contribution in [3.8, 4) is 0 Å². The van der Waals surface area contributed by atoms with Crippen LogP contribution in [0.4, 0.5) is 0 Å². The zero-order valence-corrected chi connectivity index (χ0v) is 18.1. The van der Waals surface area contributed by atoms with E-state index in [1.807, 2.05) is 7.05 Å². The Balaban J connectivity index is 0.00000312. The van der Waals surface area contributed by atoms with E-state index in [1.54, 1.807) is 7.11 Å². The van der Waals surface area contributed by atoms with Crippen LogP contribution in [0.5, 0.6) is 0 Å². The summed E-state index contributed by atoms with van der Waals surface area (Å²) in [6.45, 7) is 7.28. The summed E-state index contributed by atoms with van der Waals surface area (Å²) in [6.07, 6.45) is 3.61. The number of piperidine rings is 1. The zero-order valence-electron chi connectivity index (χ0n) is 15.8. The lowest BCUT2D eigenvalue weighted by atomic mass is 10.1. The first kappa shape index (κ1) is 22.2. The molecule has 0 bridgehead atoms. The van der Waals surface area contributed by atoms with Gasteiger partial charge in [0.2, 0.25) is 0 Å². The highest BCUT2D eigenvalue weighted by Crippen LogP contribution is 2.10. The van der Waals surface area contributed by atoms with E-state index < -0.39 is 0 Å². The van der Waals surface area contributed by atoms with E-state index in [-0.39, 0.29) is 24.0 Å². The van der Waals surface area contributed by atoms with Crippen LogP contribution in [0.2, 0.25) is 0 Å². The molecule has 0 spiro atoms. The Hall–Kier alpha value is -0.860. The summed E-state index contributed by atoms with van der Waals surface area (Å²) in [5.41, 5.74) is 2.44. The number of likely N-dealkylation sites (tertiary alicyclic amines) is 1. The molecule has 0 saturated carbocycles. The van der Waals surface area contributed by atoms with Crippen LogP contribution in [-0.2, 0) is 17.9 Å². The number of hydrogen-bond acceptors (Lipinski definition) is 3. The fraction of sp³-hybridized carbons (Fsp3) is 0.632. The predicted octanol–water partition coefficient (Wildman–Crippen LogP) is 2.99. The standard InChI is InChI=1S/C19H32N4O.HI/c1-4-11-23-12-9-18(10-13-23)22-19(20-2)21-14-16-5-7-17(8-6-16)15-24-3;/h5-8,18H,4,9-15H2,1-3H3,(H2,20,21,22);1H. The van der Waals surface area contributed by atoms with Gasteiger partial charge in [-0.05, 0) is 36.9 Å². The van der Waals surface area contributed by atoms with Crippen molar-refractivity contribution in [3.05, 3.63) is 35.4 Å². The van der Waals surface area contributed by atoms with Crippen molar-refractivity contribution in [2.75, 3.05) is 33.8 Å². The van der Waals surface area contributed by atoms with Crippen molar-refractivity contribution in [1.82, 2.24) is 15.5 Å². The lowest BCUT2D eigenvalue weighted by Gasteiger charge is -2.32. The number of halogens is 1. The molecule has 1 heterocycles. The third kappa shape index (κ3) is 7.92. The second-order valence-electron chi connectivity index (χ2n) is 6.44. The zero-order chi connectivity index (χ0) is 17.2. The quantitative estimate of drug-likeness (QED) is 0.373. The maximum absolute atomic E-state index is 5.14. The fourth-order valence-electron chi connectivity index (χ4n) is 3.11. The molecule has 25 heavy (non-hydrogen) atoms. The molecule has 0 aliphatic carbocycles. The molecule has 1 aromatic carbocycles. The van der Waals surface area contributed by atoms with Gasteiger partial charge in [-0.3, -0.25) is 4.99 Å². The topological polar surface area (TPSA) is 48.9 Å². The molecule has 142 valence electrons. The van der Waals surface area contributed by atoms with Gasteiger partial charge in [0.05, 0.1) is 6.61 Å². The number of benzene rings is 1. The molecule has 6 heteroatoms. The highest BCUT2D eigenvalue weighted by Gasteiger charge is 2.19. The number of nitrogens with zero attached hydrogens (tertiary/aromatic N) is 2. The minimum absolute atomic E-state index is 0. The Bertz CT molecular complexity index is 499. The monoisotopic (exact) mass is 460 g/mol. The Morgan fingerprint density at radius 3 is 2.40 bits per heavy atom. The molecule has 0 amide bonds. The minimum Gasteiger partial charge on any atom is -0.380 e. The van der Waals surface area contributed by atoms with Gasteiger partial charge in [-0.25, -0.2) is 0 Å². The smallest absolute Gasteiger partial charge is 0.191 e. The number of aliphatic imine (C=N–C) groups is 1. The SMILES string of the molecule is CCCN1CCC(NC(=NC)NCc2ccc(COC)cc2)CC1.I. The number of nitrogens with one attached hydrogen (secondary N) is 2. The van der Waals surface area contributed by atoms with Crippen LogP contribution in [0.3, 0.4) is 0 Å². The maximum atomic E-state index is 5.14. The molecule has 1 aliphatic rings. The number of guanidine groups is 1. The van der Waals surface area contributed by atoms with Gasteiger partial charge in [0, 0.05) is 39.8 Å². The second-order valence-corrected chi connectivity index (χ2v) is 6.44. The van der Waals surface area contributed by atoms with Crippen LogP contribution in [-0.4, -0.2) is 50.7 Å². The summed E-state index contributed by atoms with van der Waals surface area (Å²) in [5.74, 6) is 0.893. The average molecular weight is 460 g/mol. The van der Waals surface area contributed by atoms with Crippen LogP contribution in [0, 0.1) is 0 Å². The molecule has 1 fully saturated rings. The van der Waals surface area contributed by atoms with Gasteiger partial charge in [0.25, 0.3) is 0 Å². The lowest BCUT2D eigenvalue weighted by Crippen LogP contribution is -2.48. The van der Waals surface area contributed by atoms with Crippen LogP contribution >= 0.6 is 24.0 Å². The molecular formula is C19H33IN4O. The van der Waals surface area contributed by atoms with E-state index in [1.165, 1.54) is 50.0 Å². The Morgan fingerprint density at radius 2 is 1.84 bits per heavy atom. The van der Waals surface area contributed by atoms with Crippen LogP contribution in [0.15, 0.2) is 29.3 Å². The largest absolute Gasteiger partial charge is 0.380 e. The first-order valence-corrected chi connectivity index (χ1v) is 9.01. The number of methoxy groups -OCH3 is 1. The van der Waals surface area contributed by atoms with E-state index in [9.17, 15) is 0 Å². The van der Waals surface area contributed by atoms with Gasteiger partial charge < -0.3 is 20.3 Å². The number of hydrogen-bond donors (Lipinski definition) is 2. The van der Waals surface area contributed by atoms with Crippen molar-refractivity contribution < 1.29 is 4.74 Å². The molecule has 1 saturated heterocycles. The summed E-state index contributed by atoms with van der Waals surface area (Å²) in [4.78, 5) is 6.91. The summed E-state index contributed by atoms with van der Waals surface area (Å²) in [7, 11) is 3.56. The molecule has 2 rings (SSSR count). The highest BCUT2D eigenvalue weighted by atomic mass is 127.